The Balaban J connectivity index is 1.68. The quantitative estimate of drug-likeness (QED) is 0.258. The third-order valence-electron chi connectivity index (χ3n) is 5.75. The summed E-state index contributed by atoms with van der Waals surface area (Å²) in [6, 6.07) is 37.4. The lowest BCUT2D eigenvalue weighted by atomic mass is 9.99. The van der Waals surface area contributed by atoms with Crippen molar-refractivity contribution in [3.05, 3.63) is 127 Å². The summed E-state index contributed by atoms with van der Waals surface area (Å²) >= 11 is 0. The topological polar surface area (TPSA) is 53.4 Å². The van der Waals surface area contributed by atoms with Crippen molar-refractivity contribution < 1.29 is 14.3 Å². The maximum atomic E-state index is 12.3. The van der Waals surface area contributed by atoms with Crippen LogP contribution in [0, 0.1) is 0 Å². The zero-order valence-electron chi connectivity index (χ0n) is 19.3. The van der Waals surface area contributed by atoms with Crippen molar-refractivity contribution in [3.63, 3.8) is 0 Å². The summed E-state index contributed by atoms with van der Waals surface area (Å²) in [4.78, 5) is 12.3. The van der Waals surface area contributed by atoms with Gasteiger partial charge in [-0.2, -0.15) is 5.10 Å². The summed E-state index contributed by atoms with van der Waals surface area (Å²) in [5, 5.41) is 5.06. The van der Waals surface area contributed by atoms with Crippen LogP contribution in [0.2, 0.25) is 0 Å². The number of hydrogen-bond acceptors (Lipinski definition) is 4. The number of benzene rings is 4. The molecule has 5 aromatic rings. The van der Waals surface area contributed by atoms with Gasteiger partial charge in [0.05, 0.1) is 18.5 Å². The molecule has 0 radical (unpaired) electrons. The second-order valence-electron chi connectivity index (χ2n) is 7.93. The number of rotatable bonds is 7. The Bertz CT molecular complexity index is 1430. The van der Waals surface area contributed by atoms with Gasteiger partial charge in [-0.25, -0.2) is 9.48 Å². The average Bonchev–Trinajstić information content (AvgIpc) is 3.32. The Labute approximate surface area is 204 Å². The molecule has 172 valence electrons. The molecule has 0 aliphatic rings. The van der Waals surface area contributed by atoms with Crippen molar-refractivity contribution >= 4 is 5.97 Å². The number of aromatic nitrogens is 2. The minimum absolute atomic E-state index is 0.201. The molecule has 5 rings (SSSR count). The predicted octanol–water partition coefficient (Wildman–Crippen LogP) is 6.57. The molecule has 4 aromatic carbocycles. The molecule has 0 saturated carbocycles. The maximum Gasteiger partial charge on any atom is 0.341 e. The Morgan fingerprint density at radius 2 is 1.31 bits per heavy atom. The van der Waals surface area contributed by atoms with Gasteiger partial charge >= 0.3 is 5.97 Å². The minimum Gasteiger partial charge on any atom is -0.486 e. The Morgan fingerprint density at radius 3 is 1.97 bits per heavy atom. The first-order valence-electron chi connectivity index (χ1n) is 11.3. The van der Waals surface area contributed by atoms with Crippen molar-refractivity contribution in [1.29, 1.82) is 0 Å². The van der Waals surface area contributed by atoms with Crippen LogP contribution in [0.4, 0.5) is 0 Å². The van der Waals surface area contributed by atoms with E-state index in [1.807, 2.05) is 77.5 Å². The highest BCUT2D eigenvalue weighted by Gasteiger charge is 2.23. The summed E-state index contributed by atoms with van der Waals surface area (Å²) in [7, 11) is 1.36. The molecule has 5 heteroatoms. The van der Waals surface area contributed by atoms with Gasteiger partial charge in [0.25, 0.3) is 0 Å². The van der Waals surface area contributed by atoms with E-state index in [0.29, 0.717) is 11.3 Å². The molecule has 0 fully saturated rings. The van der Waals surface area contributed by atoms with Crippen LogP contribution in [-0.2, 0) is 11.3 Å². The third kappa shape index (κ3) is 4.57. The standard InChI is InChI=1S/C30H24N2O3/c1-34-30(33)25-19-11-12-20-27(25)35-21-26-28(22-13-5-2-6-14-22)29(23-15-7-3-8-16-23)31-32(26)24-17-9-4-10-18-24/h2-20H,21H2,1H3. The van der Waals surface area contributed by atoms with Crippen molar-refractivity contribution in [2.75, 3.05) is 7.11 Å². The van der Waals surface area contributed by atoms with E-state index in [4.69, 9.17) is 14.6 Å². The van der Waals surface area contributed by atoms with E-state index in [1.54, 1.807) is 18.2 Å². The van der Waals surface area contributed by atoms with Gasteiger partial charge in [0.15, 0.2) is 0 Å². The van der Waals surface area contributed by atoms with Gasteiger partial charge in [-0.05, 0) is 29.8 Å². The van der Waals surface area contributed by atoms with E-state index in [0.717, 1.165) is 33.8 Å². The van der Waals surface area contributed by atoms with E-state index in [-0.39, 0.29) is 6.61 Å². The molecule has 1 heterocycles. The second kappa shape index (κ2) is 10.1. The maximum absolute atomic E-state index is 12.3. The fraction of sp³-hybridized carbons (Fsp3) is 0.0667. The molecule has 0 aliphatic carbocycles. The Kier molecular flexibility index (Phi) is 6.39. The Hall–Kier alpha value is -4.64. The highest BCUT2D eigenvalue weighted by Crippen LogP contribution is 2.36. The third-order valence-corrected chi connectivity index (χ3v) is 5.75. The number of para-hydroxylation sites is 2. The lowest BCUT2D eigenvalue weighted by molar-refractivity contribution is 0.0595. The largest absolute Gasteiger partial charge is 0.486 e. The SMILES string of the molecule is COC(=O)c1ccccc1OCc1c(-c2ccccc2)c(-c2ccccc2)nn1-c1ccccc1. The van der Waals surface area contributed by atoms with Crippen LogP contribution < -0.4 is 4.74 Å². The number of ether oxygens (including phenoxy) is 2. The van der Waals surface area contributed by atoms with Crippen molar-refractivity contribution in [2.45, 2.75) is 6.61 Å². The highest BCUT2D eigenvalue weighted by molar-refractivity contribution is 5.92. The van der Waals surface area contributed by atoms with Gasteiger partial charge in [0, 0.05) is 11.1 Å². The molecule has 0 amide bonds. The minimum atomic E-state index is -0.439. The van der Waals surface area contributed by atoms with E-state index in [9.17, 15) is 4.79 Å². The van der Waals surface area contributed by atoms with Crippen molar-refractivity contribution in [2.24, 2.45) is 0 Å². The zero-order chi connectivity index (χ0) is 24.0. The van der Waals surface area contributed by atoms with E-state index >= 15 is 0 Å². The fourth-order valence-electron chi connectivity index (χ4n) is 4.09. The van der Waals surface area contributed by atoms with Crippen LogP contribution >= 0.6 is 0 Å². The smallest absolute Gasteiger partial charge is 0.341 e. The zero-order valence-corrected chi connectivity index (χ0v) is 19.3. The fourth-order valence-corrected chi connectivity index (χ4v) is 4.09. The molecule has 35 heavy (non-hydrogen) atoms. The molecule has 0 saturated heterocycles. The molecule has 1 aromatic heterocycles. The molecule has 0 bridgehead atoms. The molecule has 0 aliphatic heterocycles. The van der Waals surface area contributed by atoms with Gasteiger partial charge in [-0.3, -0.25) is 0 Å². The van der Waals surface area contributed by atoms with E-state index < -0.39 is 5.97 Å². The number of esters is 1. The lowest BCUT2D eigenvalue weighted by Gasteiger charge is -2.14. The Morgan fingerprint density at radius 1 is 0.743 bits per heavy atom. The van der Waals surface area contributed by atoms with Gasteiger partial charge in [-0.1, -0.05) is 91.0 Å². The average molecular weight is 461 g/mol. The van der Waals surface area contributed by atoms with Crippen LogP contribution in [-0.4, -0.2) is 22.9 Å². The van der Waals surface area contributed by atoms with Crippen LogP contribution in [0.1, 0.15) is 16.1 Å². The van der Waals surface area contributed by atoms with Crippen molar-refractivity contribution in [3.8, 4) is 33.8 Å². The normalized spacial score (nSPS) is 10.7. The summed E-state index contributed by atoms with van der Waals surface area (Å²) in [6.07, 6.45) is 0. The van der Waals surface area contributed by atoms with Gasteiger partial charge in [0.2, 0.25) is 0 Å². The molecule has 0 unspecified atom stereocenters. The molecule has 0 N–H and O–H groups in total. The van der Waals surface area contributed by atoms with Gasteiger partial charge in [0.1, 0.15) is 23.6 Å². The van der Waals surface area contributed by atoms with E-state index in [2.05, 4.69) is 24.3 Å². The predicted molar refractivity (Wildman–Crippen MR) is 137 cm³/mol. The lowest BCUT2D eigenvalue weighted by Crippen LogP contribution is -2.09. The summed E-state index contributed by atoms with van der Waals surface area (Å²) in [6.45, 7) is 0.201. The molecular formula is C30H24N2O3. The first kappa shape index (κ1) is 22.2. The second-order valence-corrected chi connectivity index (χ2v) is 7.93. The molecular weight excluding hydrogens is 436 g/mol. The first-order chi connectivity index (χ1) is 17.3. The monoisotopic (exact) mass is 460 g/mol. The molecule has 0 atom stereocenters. The van der Waals surface area contributed by atoms with Crippen LogP contribution in [0.3, 0.4) is 0 Å². The molecule has 0 spiro atoms. The summed E-state index contributed by atoms with van der Waals surface area (Å²) in [5.41, 5.74) is 6.07. The first-order valence-corrected chi connectivity index (χ1v) is 11.3. The number of carbonyl (C=O) groups is 1. The van der Waals surface area contributed by atoms with Crippen LogP contribution in [0.5, 0.6) is 5.75 Å². The number of methoxy groups -OCH3 is 1. The summed E-state index contributed by atoms with van der Waals surface area (Å²) < 4.78 is 13.1. The number of nitrogens with zero attached hydrogens (tertiary/aromatic N) is 2. The van der Waals surface area contributed by atoms with Gasteiger partial charge in [-0.15, -0.1) is 0 Å². The van der Waals surface area contributed by atoms with E-state index in [1.165, 1.54) is 7.11 Å². The molecule has 5 nitrogen and oxygen atoms in total. The summed E-state index contributed by atoms with van der Waals surface area (Å²) in [5.74, 6) is 0.0193. The van der Waals surface area contributed by atoms with Crippen LogP contribution in [0.15, 0.2) is 115 Å². The van der Waals surface area contributed by atoms with Crippen LogP contribution in [0.25, 0.3) is 28.1 Å². The van der Waals surface area contributed by atoms with Gasteiger partial charge < -0.3 is 9.47 Å². The highest BCUT2D eigenvalue weighted by atomic mass is 16.5. The number of hydrogen-bond donors (Lipinski definition) is 0. The number of carbonyl (C=O) groups excluding carboxylic acids is 1. The van der Waals surface area contributed by atoms with Crippen molar-refractivity contribution in [1.82, 2.24) is 9.78 Å².